The second-order valence-electron chi connectivity index (χ2n) is 5.36. The SMILES string of the molecule is CCC(=O)Nc1nnc(SCC2=Nc3ccc(C)cc3C(=O)C2)s1. The van der Waals surface area contributed by atoms with E-state index in [0.29, 0.717) is 29.3 Å². The van der Waals surface area contributed by atoms with Gasteiger partial charge >= 0.3 is 0 Å². The Bertz CT molecular complexity index is 829. The van der Waals surface area contributed by atoms with Crippen molar-refractivity contribution in [2.45, 2.75) is 31.0 Å². The van der Waals surface area contributed by atoms with Crippen molar-refractivity contribution in [3.8, 4) is 0 Å². The average molecular weight is 360 g/mol. The zero-order valence-electron chi connectivity index (χ0n) is 13.3. The topological polar surface area (TPSA) is 84.3 Å². The van der Waals surface area contributed by atoms with Gasteiger partial charge in [0.15, 0.2) is 10.1 Å². The first kappa shape index (κ1) is 16.8. The lowest BCUT2D eigenvalue weighted by atomic mass is 9.99. The molecule has 1 aromatic carbocycles. The zero-order valence-corrected chi connectivity index (χ0v) is 15.0. The Morgan fingerprint density at radius 1 is 1.38 bits per heavy atom. The van der Waals surface area contributed by atoms with E-state index >= 15 is 0 Å². The van der Waals surface area contributed by atoms with Gasteiger partial charge in [-0.2, -0.15) is 0 Å². The summed E-state index contributed by atoms with van der Waals surface area (Å²) in [5, 5.41) is 11.2. The summed E-state index contributed by atoms with van der Waals surface area (Å²) in [4.78, 5) is 28.2. The van der Waals surface area contributed by atoms with Crippen LogP contribution in [0.5, 0.6) is 0 Å². The molecule has 24 heavy (non-hydrogen) atoms. The molecule has 0 fully saturated rings. The van der Waals surface area contributed by atoms with Crippen LogP contribution >= 0.6 is 23.1 Å². The number of thioether (sulfide) groups is 1. The third-order valence-corrected chi connectivity index (χ3v) is 5.47. The van der Waals surface area contributed by atoms with Crippen molar-refractivity contribution in [2.75, 3.05) is 11.1 Å². The Hall–Kier alpha value is -2.06. The Labute approximate surface area is 147 Å². The summed E-state index contributed by atoms with van der Waals surface area (Å²) < 4.78 is 0.742. The van der Waals surface area contributed by atoms with Crippen LogP contribution in [0, 0.1) is 6.92 Å². The van der Waals surface area contributed by atoms with E-state index in [-0.39, 0.29) is 11.7 Å². The molecular weight excluding hydrogens is 344 g/mol. The van der Waals surface area contributed by atoms with E-state index < -0.39 is 0 Å². The number of hydrogen-bond acceptors (Lipinski definition) is 7. The van der Waals surface area contributed by atoms with Crippen molar-refractivity contribution in [3.63, 3.8) is 0 Å². The molecule has 8 heteroatoms. The van der Waals surface area contributed by atoms with Crippen LogP contribution in [0.2, 0.25) is 0 Å². The van der Waals surface area contributed by atoms with Gasteiger partial charge in [0, 0.05) is 23.4 Å². The molecule has 2 aromatic rings. The zero-order chi connectivity index (χ0) is 17.1. The highest BCUT2D eigenvalue weighted by Crippen LogP contribution is 2.30. The van der Waals surface area contributed by atoms with Gasteiger partial charge in [0.25, 0.3) is 0 Å². The molecule has 0 saturated carbocycles. The molecule has 0 spiro atoms. The largest absolute Gasteiger partial charge is 0.301 e. The molecule has 2 heterocycles. The minimum Gasteiger partial charge on any atom is -0.301 e. The van der Waals surface area contributed by atoms with Gasteiger partial charge in [0.1, 0.15) is 0 Å². The maximum atomic E-state index is 12.3. The molecule has 6 nitrogen and oxygen atoms in total. The molecule has 1 aromatic heterocycles. The predicted octanol–water partition coefficient (Wildman–Crippen LogP) is 3.65. The number of carbonyl (C=O) groups is 2. The third kappa shape index (κ3) is 3.88. The molecule has 1 aliphatic heterocycles. The van der Waals surface area contributed by atoms with Crippen molar-refractivity contribution in [3.05, 3.63) is 29.3 Å². The number of aryl methyl sites for hydroxylation is 1. The van der Waals surface area contributed by atoms with Crippen LogP contribution < -0.4 is 5.32 Å². The highest BCUT2D eigenvalue weighted by molar-refractivity contribution is 8.01. The molecule has 0 bridgehead atoms. The molecule has 1 aliphatic rings. The van der Waals surface area contributed by atoms with Crippen molar-refractivity contribution in [1.82, 2.24) is 10.2 Å². The van der Waals surface area contributed by atoms with Crippen LogP contribution in [-0.4, -0.2) is 33.4 Å². The fourth-order valence-electron chi connectivity index (χ4n) is 2.22. The number of carbonyl (C=O) groups excluding carboxylic acids is 2. The minimum atomic E-state index is -0.0862. The predicted molar refractivity (Wildman–Crippen MR) is 96.8 cm³/mol. The van der Waals surface area contributed by atoms with Gasteiger partial charge in [-0.1, -0.05) is 41.7 Å². The van der Waals surface area contributed by atoms with Crippen LogP contribution in [0.3, 0.4) is 0 Å². The molecule has 1 N–H and O–H groups in total. The number of nitrogens with zero attached hydrogens (tertiary/aromatic N) is 3. The number of hydrogen-bond donors (Lipinski definition) is 1. The van der Waals surface area contributed by atoms with E-state index in [1.54, 1.807) is 6.92 Å². The number of fused-ring (bicyclic) bond motifs is 1. The Morgan fingerprint density at radius 2 is 2.21 bits per heavy atom. The maximum Gasteiger partial charge on any atom is 0.225 e. The van der Waals surface area contributed by atoms with Gasteiger partial charge in [0.05, 0.1) is 12.1 Å². The van der Waals surface area contributed by atoms with Crippen LogP contribution in [0.25, 0.3) is 0 Å². The number of ketones is 1. The van der Waals surface area contributed by atoms with Gasteiger partial charge in [-0.3, -0.25) is 14.6 Å². The van der Waals surface area contributed by atoms with Crippen molar-refractivity contribution in [1.29, 1.82) is 0 Å². The monoisotopic (exact) mass is 360 g/mol. The number of aliphatic imine (C=N–C) groups is 1. The van der Waals surface area contributed by atoms with E-state index in [9.17, 15) is 9.59 Å². The van der Waals surface area contributed by atoms with Crippen molar-refractivity contribution < 1.29 is 9.59 Å². The van der Waals surface area contributed by atoms with E-state index in [2.05, 4.69) is 20.5 Å². The molecule has 0 aliphatic carbocycles. The van der Waals surface area contributed by atoms with Gasteiger partial charge in [-0.25, -0.2) is 0 Å². The standard InChI is InChI=1S/C16H16N4O2S2/c1-3-14(22)18-15-19-20-16(24-15)23-8-10-7-13(21)11-6-9(2)4-5-12(11)17-10/h4-6H,3,7-8H2,1-2H3,(H,18,19,22). The normalized spacial score (nSPS) is 13.4. The first-order valence-corrected chi connectivity index (χ1v) is 9.32. The lowest BCUT2D eigenvalue weighted by molar-refractivity contribution is -0.115. The smallest absolute Gasteiger partial charge is 0.225 e. The van der Waals surface area contributed by atoms with Crippen molar-refractivity contribution in [2.24, 2.45) is 4.99 Å². The fraction of sp³-hybridized carbons (Fsp3) is 0.312. The summed E-state index contributed by atoms with van der Waals surface area (Å²) in [5.74, 6) is 0.597. The molecule has 0 unspecified atom stereocenters. The number of amides is 1. The van der Waals surface area contributed by atoms with Gasteiger partial charge < -0.3 is 5.32 Å². The number of aromatic nitrogens is 2. The summed E-state index contributed by atoms with van der Waals surface area (Å²) in [6, 6.07) is 5.73. The quantitative estimate of drug-likeness (QED) is 0.650. The molecule has 124 valence electrons. The average Bonchev–Trinajstić information content (AvgIpc) is 3.01. The highest BCUT2D eigenvalue weighted by Gasteiger charge is 2.20. The Kier molecular flexibility index (Phi) is 5.06. The minimum absolute atomic E-state index is 0.0862. The highest BCUT2D eigenvalue weighted by atomic mass is 32.2. The van der Waals surface area contributed by atoms with Crippen LogP contribution in [-0.2, 0) is 4.79 Å². The van der Waals surface area contributed by atoms with Gasteiger partial charge in [-0.05, 0) is 19.1 Å². The second-order valence-corrected chi connectivity index (χ2v) is 7.56. The summed E-state index contributed by atoms with van der Waals surface area (Å²) in [7, 11) is 0. The molecule has 0 radical (unpaired) electrons. The number of anilines is 1. The Balaban J connectivity index is 1.66. The van der Waals surface area contributed by atoms with E-state index in [4.69, 9.17) is 0 Å². The number of nitrogens with one attached hydrogen (secondary N) is 1. The number of benzene rings is 1. The van der Waals surface area contributed by atoms with Gasteiger partial charge in [0.2, 0.25) is 11.0 Å². The molecular formula is C16H16N4O2S2. The summed E-state index contributed by atoms with van der Waals surface area (Å²) in [6.07, 6.45) is 0.738. The molecule has 1 amide bonds. The lowest BCUT2D eigenvalue weighted by Crippen LogP contribution is -2.15. The summed E-state index contributed by atoms with van der Waals surface area (Å²) in [5.41, 5.74) is 3.33. The summed E-state index contributed by atoms with van der Waals surface area (Å²) in [6.45, 7) is 3.75. The lowest BCUT2D eigenvalue weighted by Gasteiger charge is -2.14. The van der Waals surface area contributed by atoms with Crippen LogP contribution in [0.1, 0.15) is 35.7 Å². The first-order chi connectivity index (χ1) is 11.5. The van der Waals surface area contributed by atoms with Crippen LogP contribution in [0.4, 0.5) is 10.8 Å². The fourth-order valence-corrected chi connectivity index (χ4v) is 3.91. The van der Waals surface area contributed by atoms with E-state index in [1.165, 1.54) is 23.1 Å². The number of Topliss-reactive ketones (excluding diaryl/α,β-unsaturated/α-hetero) is 1. The van der Waals surface area contributed by atoms with E-state index in [1.807, 2.05) is 25.1 Å². The maximum absolute atomic E-state index is 12.3. The first-order valence-electron chi connectivity index (χ1n) is 7.51. The van der Waals surface area contributed by atoms with Gasteiger partial charge in [-0.15, -0.1) is 10.2 Å². The molecule has 0 atom stereocenters. The number of rotatable bonds is 5. The molecule has 3 rings (SSSR count). The second kappa shape index (κ2) is 7.23. The summed E-state index contributed by atoms with van der Waals surface area (Å²) >= 11 is 2.80. The van der Waals surface area contributed by atoms with E-state index in [0.717, 1.165) is 21.3 Å². The Morgan fingerprint density at radius 3 is 3.00 bits per heavy atom. The van der Waals surface area contributed by atoms with Crippen LogP contribution in [0.15, 0.2) is 27.5 Å². The third-order valence-electron chi connectivity index (χ3n) is 3.43. The molecule has 0 saturated heterocycles. The van der Waals surface area contributed by atoms with Crippen molar-refractivity contribution >= 4 is 51.3 Å².